The van der Waals surface area contributed by atoms with E-state index < -0.39 is 0 Å². The highest BCUT2D eigenvalue weighted by molar-refractivity contribution is 6.30. The number of nitrogens with one attached hydrogen (secondary N) is 2. The monoisotopic (exact) mass is 330 g/mol. The lowest BCUT2D eigenvalue weighted by Crippen LogP contribution is -2.37. The molecule has 0 aromatic heterocycles. The Morgan fingerprint density at radius 3 is 2.30 bits per heavy atom. The minimum atomic E-state index is -0.0125. The Bertz CT molecular complexity index is 611. The number of rotatable bonds is 7. The first-order valence-corrected chi connectivity index (χ1v) is 8.23. The number of hydrogen-bond donors (Lipinski definition) is 2. The summed E-state index contributed by atoms with van der Waals surface area (Å²) in [5, 5.41) is 6.97. The molecule has 0 unspecified atom stereocenters. The van der Waals surface area contributed by atoms with Gasteiger partial charge in [0.25, 0.3) is 0 Å². The van der Waals surface area contributed by atoms with Crippen LogP contribution in [0.5, 0.6) is 0 Å². The van der Waals surface area contributed by atoms with Crippen molar-refractivity contribution in [2.24, 2.45) is 5.92 Å². The maximum atomic E-state index is 12.0. The van der Waals surface area contributed by atoms with Gasteiger partial charge in [-0.2, -0.15) is 0 Å². The van der Waals surface area contributed by atoms with E-state index in [-0.39, 0.29) is 11.9 Å². The van der Waals surface area contributed by atoms with Crippen molar-refractivity contribution in [3.05, 3.63) is 70.7 Å². The summed E-state index contributed by atoms with van der Waals surface area (Å²) in [6, 6.07) is 17.9. The quantitative estimate of drug-likeness (QED) is 0.807. The normalized spacial score (nSPS) is 12.2. The molecule has 0 aliphatic carbocycles. The smallest absolute Gasteiger partial charge is 0.234 e. The molecule has 3 nitrogen and oxygen atoms in total. The molecule has 122 valence electrons. The predicted octanol–water partition coefficient (Wildman–Crippen LogP) is 3.94. The zero-order valence-electron chi connectivity index (χ0n) is 13.6. The highest BCUT2D eigenvalue weighted by Crippen LogP contribution is 2.20. The van der Waals surface area contributed by atoms with E-state index in [1.165, 1.54) is 5.56 Å². The zero-order chi connectivity index (χ0) is 16.7. The summed E-state index contributed by atoms with van der Waals surface area (Å²) < 4.78 is 0. The maximum absolute atomic E-state index is 12.0. The van der Waals surface area contributed by atoms with Crippen LogP contribution >= 0.6 is 11.6 Å². The van der Waals surface area contributed by atoms with E-state index in [0.29, 0.717) is 24.0 Å². The van der Waals surface area contributed by atoms with E-state index in [0.717, 1.165) is 5.56 Å². The molecule has 1 amide bonds. The van der Waals surface area contributed by atoms with Crippen molar-refractivity contribution in [2.75, 3.05) is 6.54 Å². The van der Waals surface area contributed by atoms with Gasteiger partial charge in [0.1, 0.15) is 0 Å². The molecule has 0 aliphatic rings. The zero-order valence-corrected chi connectivity index (χ0v) is 14.3. The van der Waals surface area contributed by atoms with Crippen LogP contribution in [-0.4, -0.2) is 12.5 Å². The molecule has 2 aromatic rings. The highest BCUT2D eigenvalue weighted by Gasteiger charge is 2.16. The molecule has 0 spiro atoms. The van der Waals surface area contributed by atoms with Gasteiger partial charge in [-0.3, -0.25) is 4.79 Å². The summed E-state index contributed by atoms with van der Waals surface area (Å²) in [5.74, 6) is 0.392. The van der Waals surface area contributed by atoms with Gasteiger partial charge >= 0.3 is 0 Å². The van der Waals surface area contributed by atoms with Gasteiger partial charge in [0, 0.05) is 17.6 Å². The van der Waals surface area contributed by atoms with Crippen molar-refractivity contribution in [3.8, 4) is 0 Å². The van der Waals surface area contributed by atoms with Crippen LogP contribution in [0.3, 0.4) is 0 Å². The molecule has 0 bridgehead atoms. The second-order valence-electron chi connectivity index (χ2n) is 5.92. The van der Waals surface area contributed by atoms with Crippen LogP contribution in [0.25, 0.3) is 0 Å². The average Bonchev–Trinajstić information content (AvgIpc) is 2.55. The van der Waals surface area contributed by atoms with E-state index in [4.69, 9.17) is 11.6 Å². The van der Waals surface area contributed by atoms with Crippen LogP contribution in [-0.2, 0) is 11.3 Å². The van der Waals surface area contributed by atoms with Crippen LogP contribution in [0.4, 0.5) is 0 Å². The summed E-state index contributed by atoms with van der Waals surface area (Å²) >= 11 is 5.85. The Labute approximate surface area is 143 Å². The number of carbonyl (C=O) groups is 1. The molecule has 4 heteroatoms. The molecule has 0 radical (unpaired) electrons. The van der Waals surface area contributed by atoms with Crippen molar-refractivity contribution in [2.45, 2.75) is 26.4 Å². The Morgan fingerprint density at radius 1 is 1.04 bits per heavy atom. The van der Waals surface area contributed by atoms with Gasteiger partial charge in [0.2, 0.25) is 5.91 Å². The number of halogens is 1. The van der Waals surface area contributed by atoms with Gasteiger partial charge in [-0.05, 0) is 29.2 Å². The van der Waals surface area contributed by atoms with E-state index in [9.17, 15) is 4.79 Å². The van der Waals surface area contributed by atoms with Gasteiger partial charge in [0.15, 0.2) is 0 Å². The minimum absolute atomic E-state index is 0.0125. The third-order valence-corrected chi connectivity index (χ3v) is 3.96. The fourth-order valence-corrected chi connectivity index (χ4v) is 2.59. The largest absolute Gasteiger partial charge is 0.351 e. The molecule has 1 atom stereocenters. The minimum Gasteiger partial charge on any atom is -0.351 e. The molecule has 2 rings (SSSR count). The highest BCUT2D eigenvalue weighted by atomic mass is 35.5. The van der Waals surface area contributed by atoms with Gasteiger partial charge in [-0.25, -0.2) is 0 Å². The third-order valence-electron chi connectivity index (χ3n) is 3.71. The first kappa shape index (κ1) is 17.5. The number of amides is 1. The molecular weight excluding hydrogens is 308 g/mol. The predicted molar refractivity (Wildman–Crippen MR) is 95.3 cm³/mol. The van der Waals surface area contributed by atoms with E-state index in [2.05, 4.69) is 36.6 Å². The van der Waals surface area contributed by atoms with Gasteiger partial charge in [-0.1, -0.05) is 67.9 Å². The SMILES string of the molecule is CC(C)[C@H](NCC(=O)NCc1ccc(Cl)cc1)c1ccccc1. The second-order valence-corrected chi connectivity index (χ2v) is 6.35. The molecule has 0 fully saturated rings. The van der Waals surface area contributed by atoms with E-state index >= 15 is 0 Å². The Morgan fingerprint density at radius 2 is 1.70 bits per heavy atom. The Hall–Kier alpha value is -1.84. The lowest BCUT2D eigenvalue weighted by molar-refractivity contribution is -0.120. The fraction of sp³-hybridized carbons (Fsp3) is 0.316. The van der Waals surface area contributed by atoms with E-state index in [1.54, 1.807) is 0 Å². The average molecular weight is 331 g/mol. The van der Waals surface area contributed by atoms with Crippen LogP contribution in [0.1, 0.15) is 31.0 Å². The van der Waals surface area contributed by atoms with Gasteiger partial charge < -0.3 is 10.6 Å². The summed E-state index contributed by atoms with van der Waals surface area (Å²) in [6.45, 7) is 5.10. The van der Waals surface area contributed by atoms with Crippen molar-refractivity contribution in [1.29, 1.82) is 0 Å². The molecule has 0 aliphatic heterocycles. The van der Waals surface area contributed by atoms with Gasteiger partial charge in [-0.15, -0.1) is 0 Å². The fourth-order valence-electron chi connectivity index (χ4n) is 2.47. The van der Waals surface area contributed by atoms with E-state index in [1.807, 2.05) is 42.5 Å². The number of hydrogen-bond acceptors (Lipinski definition) is 2. The van der Waals surface area contributed by atoms with Crippen molar-refractivity contribution < 1.29 is 4.79 Å². The molecule has 23 heavy (non-hydrogen) atoms. The molecule has 0 saturated carbocycles. The second kappa shape index (κ2) is 8.70. The Kier molecular flexibility index (Phi) is 6.63. The lowest BCUT2D eigenvalue weighted by Gasteiger charge is -2.22. The number of carbonyl (C=O) groups excluding carboxylic acids is 1. The van der Waals surface area contributed by atoms with Crippen molar-refractivity contribution >= 4 is 17.5 Å². The summed E-state index contributed by atoms with van der Waals surface area (Å²) in [7, 11) is 0. The lowest BCUT2D eigenvalue weighted by atomic mass is 9.96. The third kappa shape index (κ3) is 5.70. The Balaban J connectivity index is 1.83. The standard InChI is InChI=1S/C19H23ClN2O/c1-14(2)19(16-6-4-3-5-7-16)22-13-18(23)21-12-15-8-10-17(20)11-9-15/h3-11,14,19,22H,12-13H2,1-2H3,(H,21,23)/t19-/m0/s1. The van der Waals surface area contributed by atoms with Crippen LogP contribution in [0, 0.1) is 5.92 Å². The van der Waals surface area contributed by atoms with Crippen LogP contribution < -0.4 is 10.6 Å². The van der Waals surface area contributed by atoms with Crippen molar-refractivity contribution in [3.63, 3.8) is 0 Å². The molecular formula is C19H23ClN2O. The first-order chi connectivity index (χ1) is 11.1. The van der Waals surface area contributed by atoms with Crippen LogP contribution in [0.15, 0.2) is 54.6 Å². The summed E-state index contributed by atoms with van der Waals surface area (Å²) in [5.41, 5.74) is 2.24. The maximum Gasteiger partial charge on any atom is 0.234 e. The first-order valence-electron chi connectivity index (χ1n) is 7.85. The topological polar surface area (TPSA) is 41.1 Å². The number of benzene rings is 2. The molecule has 2 aromatic carbocycles. The summed E-state index contributed by atoms with van der Waals surface area (Å²) in [6.07, 6.45) is 0. The summed E-state index contributed by atoms with van der Waals surface area (Å²) in [4.78, 5) is 12.0. The van der Waals surface area contributed by atoms with Crippen LogP contribution in [0.2, 0.25) is 5.02 Å². The van der Waals surface area contributed by atoms with Gasteiger partial charge in [0.05, 0.1) is 6.54 Å². The molecule has 0 saturated heterocycles. The molecule has 0 heterocycles. The van der Waals surface area contributed by atoms with Crippen molar-refractivity contribution in [1.82, 2.24) is 10.6 Å². The molecule has 2 N–H and O–H groups in total.